The van der Waals surface area contributed by atoms with Crippen molar-refractivity contribution in [3.05, 3.63) is 29.8 Å². The maximum Gasteiger partial charge on any atom is 0.224 e. The first-order chi connectivity index (χ1) is 12.2. The van der Waals surface area contributed by atoms with Gasteiger partial charge in [0.2, 0.25) is 11.8 Å². The van der Waals surface area contributed by atoms with Gasteiger partial charge in [0.05, 0.1) is 13.0 Å². The van der Waals surface area contributed by atoms with Crippen molar-refractivity contribution in [2.45, 2.75) is 51.0 Å². The van der Waals surface area contributed by atoms with E-state index in [4.69, 9.17) is 4.74 Å². The maximum atomic E-state index is 12.5. The quantitative estimate of drug-likeness (QED) is 0.863. The van der Waals surface area contributed by atoms with Gasteiger partial charge in [-0.05, 0) is 43.4 Å². The molecule has 1 aromatic carbocycles. The Morgan fingerprint density at radius 3 is 2.60 bits per heavy atom. The van der Waals surface area contributed by atoms with Crippen molar-refractivity contribution in [3.63, 3.8) is 0 Å². The number of likely N-dealkylation sites (tertiary alicyclic amines) is 1. The summed E-state index contributed by atoms with van der Waals surface area (Å²) in [6, 6.07) is 8.27. The fourth-order valence-corrected chi connectivity index (χ4v) is 3.92. The number of hydrogen-bond donors (Lipinski definition) is 1. The minimum Gasteiger partial charge on any atom is -0.497 e. The zero-order valence-corrected chi connectivity index (χ0v) is 15.0. The van der Waals surface area contributed by atoms with Gasteiger partial charge in [-0.25, -0.2) is 0 Å². The van der Waals surface area contributed by atoms with Crippen LogP contribution in [0.15, 0.2) is 24.3 Å². The van der Waals surface area contributed by atoms with Gasteiger partial charge in [-0.2, -0.15) is 0 Å². The topological polar surface area (TPSA) is 58.6 Å². The number of rotatable bonds is 6. The number of benzene rings is 1. The van der Waals surface area contributed by atoms with E-state index in [1.54, 1.807) is 7.11 Å². The van der Waals surface area contributed by atoms with Crippen LogP contribution in [0.1, 0.15) is 44.1 Å². The van der Waals surface area contributed by atoms with Crippen molar-refractivity contribution in [1.82, 2.24) is 10.2 Å². The third kappa shape index (κ3) is 4.53. The largest absolute Gasteiger partial charge is 0.497 e. The second kappa shape index (κ2) is 8.37. The van der Waals surface area contributed by atoms with Crippen LogP contribution in [-0.2, 0) is 16.0 Å². The Kier molecular flexibility index (Phi) is 5.95. The molecule has 25 heavy (non-hydrogen) atoms. The predicted octanol–water partition coefficient (Wildman–Crippen LogP) is 2.54. The lowest BCUT2D eigenvalue weighted by atomic mass is 9.95. The van der Waals surface area contributed by atoms with Gasteiger partial charge in [0.25, 0.3) is 0 Å². The Labute approximate surface area is 149 Å². The van der Waals surface area contributed by atoms with Crippen molar-refractivity contribution in [2.75, 3.05) is 20.2 Å². The van der Waals surface area contributed by atoms with Crippen molar-refractivity contribution in [2.24, 2.45) is 5.92 Å². The lowest BCUT2D eigenvalue weighted by Gasteiger charge is -2.36. The van der Waals surface area contributed by atoms with E-state index >= 15 is 0 Å². The summed E-state index contributed by atoms with van der Waals surface area (Å²) in [4.78, 5) is 26.6. The third-order valence-corrected chi connectivity index (χ3v) is 5.45. The first-order valence-corrected chi connectivity index (χ1v) is 9.37. The Morgan fingerprint density at radius 1 is 1.20 bits per heavy atom. The number of nitrogens with one attached hydrogen (secondary N) is 1. The van der Waals surface area contributed by atoms with E-state index < -0.39 is 0 Å². The zero-order chi connectivity index (χ0) is 17.6. The molecular weight excluding hydrogens is 316 g/mol. The van der Waals surface area contributed by atoms with Crippen LogP contribution >= 0.6 is 0 Å². The highest BCUT2D eigenvalue weighted by Gasteiger charge is 2.34. The highest BCUT2D eigenvalue weighted by Crippen LogP contribution is 2.28. The average molecular weight is 344 g/mol. The van der Waals surface area contributed by atoms with Gasteiger partial charge in [0.1, 0.15) is 5.75 Å². The number of methoxy groups -OCH3 is 1. The van der Waals surface area contributed by atoms with Gasteiger partial charge in [-0.3, -0.25) is 9.59 Å². The number of nitrogens with zero attached hydrogens (tertiary/aromatic N) is 1. The number of amides is 2. The summed E-state index contributed by atoms with van der Waals surface area (Å²) < 4.78 is 5.15. The lowest BCUT2D eigenvalue weighted by Crippen LogP contribution is -2.49. The van der Waals surface area contributed by atoms with Crippen molar-refractivity contribution >= 4 is 11.8 Å². The van der Waals surface area contributed by atoms with E-state index in [1.165, 1.54) is 18.4 Å². The van der Waals surface area contributed by atoms with Gasteiger partial charge in [-0.15, -0.1) is 0 Å². The standard InChI is InChI=1S/C20H28N2O3/c1-25-18-9-6-15(7-10-18)12-13-21-20(24)16-8-11-19(23)22(14-16)17-4-2-3-5-17/h6-7,9-10,16-17H,2-5,8,11-14H2,1H3,(H,21,24). The molecule has 1 heterocycles. The predicted molar refractivity (Wildman–Crippen MR) is 96.4 cm³/mol. The molecule has 1 aromatic rings. The summed E-state index contributed by atoms with van der Waals surface area (Å²) in [5, 5.41) is 3.05. The minimum atomic E-state index is -0.0610. The molecule has 3 rings (SSSR count). The van der Waals surface area contributed by atoms with Gasteiger partial charge < -0.3 is 15.0 Å². The molecule has 1 saturated carbocycles. The highest BCUT2D eigenvalue weighted by atomic mass is 16.5. The molecule has 0 spiro atoms. The lowest BCUT2D eigenvalue weighted by molar-refractivity contribution is -0.140. The Morgan fingerprint density at radius 2 is 1.92 bits per heavy atom. The number of carbonyl (C=O) groups is 2. The van der Waals surface area contributed by atoms with Crippen LogP contribution in [0.2, 0.25) is 0 Å². The molecule has 0 radical (unpaired) electrons. The van der Waals surface area contributed by atoms with Crippen LogP contribution in [0.4, 0.5) is 0 Å². The maximum absolute atomic E-state index is 12.5. The molecule has 1 aliphatic heterocycles. The Balaban J connectivity index is 1.46. The van der Waals surface area contributed by atoms with Gasteiger partial charge in [0, 0.05) is 25.6 Å². The zero-order valence-electron chi connectivity index (χ0n) is 15.0. The van der Waals surface area contributed by atoms with Gasteiger partial charge in [-0.1, -0.05) is 25.0 Å². The molecule has 2 amide bonds. The fourth-order valence-electron chi connectivity index (χ4n) is 3.92. The minimum absolute atomic E-state index is 0.0610. The molecule has 1 N–H and O–H groups in total. The molecule has 1 aliphatic carbocycles. The first kappa shape index (κ1) is 17.8. The summed E-state index contributed by atoms with van der Waals surface area (Å²) in [7, 11) is 1.65. The molecule has 1 saturated heterocycles. The summed E-state index contributed by atoms with van der Waals surface area (Å²) in [5.41, 5.74) is 1.17. The molecule has 5 nitrogen and oxygen atoms in total. The summed E-state index contributed by atoms with van der Waals surface area (Å²) in [6.07, 6.45) is 6.58. The van der Waals surface area contributed by atoms with Crippen molar-refractivity contribution in [1.29, 1.82) is 0 Å². The SMILES string of the molecule is COc1ccc(CCNC(=O)C2CCC(=O)N(C3CCCC3)C2)cc1. The molecule has 1 atom stereocenters. The first-order valence-electron chi connectivity index (χ1n) is 9.37. The number of carbonyl (C=O) groups excluding carboxylic acids is 2. The number of piperidine rings is 1. The smallest absolute Gasteiger partial charge is 0.224 e. The highest BCUT2D eigenvalue weighted by molar-refractivity contribution is 5.84. The van der Waals surface area contributed by atoms with Crippen molar-refractivity contribution < 1.29 is 14.3 Å². The second-order valence-electron chi connectivity index (χ2n) is 7.11. The fraction of sp³-hybridized carbons (Fsp3) is 0.600. The molecule has 0 bridgehead atoms. The molecular formula is C20H28N2O3. The van der Waals surface area contributed by atoms with Crippen LogP contribution in [0, 0.1) is 5.92 Å². The summed E-state index contributed by atoms with van der Waals surface area (Å²) in [5.74, 6) is 1.10. The van der Waals surface area contributed by atoms with Crippen LogP contribution in [0.3, 0.4) is 0 Å². The van der Waals surface area contributed by atoms with E-state index in [9.17, 15) is 9.59 Å². The molecule has 2 fully saturated rings. The Hall–Kier alpha value is -2.04. The number of hydrogen-bond acceptors (Lipinski definition) is 3. The van der Waals surface area contributed by atoms with E-state index in [1.807, 2.05) is 29.2 Å². The average Bonchev–Trinajstić information content (AvgIpc) is 3.17. The molecule has 5 heteroatoms. The molecule has 136 valence electrons. The molecule has 2 aliphatic rings. The van der Waals surface area contributed by atoms with E-state index in [0.29, 0.717) is 32.0 Å². The van der Waals surface area contributed by atoms with E-state index in [-0.39, 0.29) is 17.7 Å². The van der Waals surface area contributed by atoms with Crippen LogP contribution in [0.25, 0.3) is 0 Å². The van der Waals surface area contributed by atoms with Crippen LogP contribution < -0.4 is 10.1 Å². The number of ether oxygens (including phenoxy) is 1. The van der Waals surface area contributed by atoms with Crippen LogP contribution in [0.5, 0.6) is 5.75 Å². The molecule has 1 unspecified atom stereocenters. The summed E-state index contributed by atoms with van der Waals surface area (Å²) >= 11 is 0. The third-order valence-electron chi connectivity index (χ3n) is 5.45. The van der Waals surface area contributed by atoms with E-state index in [0.717, 1.165) is 25.0 Å². The van der Waals surface area contributed by atoms with Crippen molar-refractivity contribution in [3.8, 4) is 5.75 Å². The molecule has 0 aromatic heterocycles. The Bertz CT molecular complexity index is 593. The second-order valence-corrected chi connectivity index (χ2v) is 7.11. The monoisotopic (exact) mass is 344 g/mol. The van der Waals surface area contributed by atoms with Crippen LogP contribution in [-0.4, -0.2) is 43.0 Å². The normalized spacial score (nSPS) is 21.4. The van der Waals surface area contributed by atoms with Gasteiger partial charge in [0.15, 0.2) is 0 Å². The van der Waals surface area contributed by atoms with E-state index in [2.05, 4.69) is 5.32 Å². The van der Waals surface area contributed by atoms with Gasteiger partial charge >= 0.3 is 0 Å². The summed E-state index contributed by atoms with van der Waals surface area (Å²) in [6.45, 7) is 1.22.